The number of benzene rings is 1. The molecule has 0 saturated heterocycles. The van der Waals surface area contributed by atoms with Crippen molar-refractivity contribution >= 4 is 10.1 Å². The molecule has 1 aromatic carbocycles. The highest BCUT2D eigenvalue weighted by atomic mass is 32.2. The van der Waals surface area contributed by atoms with E-state index in [1.54, 1.807) is 0 Å². The molecule has 0 saturated carbocycles. The smallest absolute Gasteiger partial charge is 0.423 e. The maximum atomic E-state index is 12.1. The number of nitrogens with zero attached hydrogens (tertiary/aromatic N) is 2. The molecule has 0 N–H and O–H groups in total. The van der Waals surface area contributed by atoms with Crippen molar-refractivity contribution in [3.05, 3.63) is 30.7 Å². The predicted octanol–water partition coefficient (Wildman–Crippen LogP) is 1.97. The largest absolute Gasteiger partial charge is 0.534 e. The van der Waals surface area contributed by atoms with E-state index < -0.39 is 21.4 Å². The lowest BCUT2D eigenvalue weighted by Crippen LogP contribution is -2.28. The zero-order valence-corrected chi connectivity index (χ0v) is 9.77. The fraction of sp³-hybridized carbons (Fsp3) is 0.111. The van der Waals surface area contributed by atoms with Crippen LogP contribution < -0.4 is 4.18 Å². The van der Waals surface area contributed by atoms with Gasteiger partial charge in [0.2, 0.25) is 12.3 Å². The van der Waals surface area contributed by atoms with Crippen molar-refractivity contribution in [2.75, 3.05) is 0 Å². The molecule has 102 valence electrons. The zero-order chi connectivity index (χ0) is 14.1. The van der Waals surface area contributed by atoms with Crippen molar-refractivity contribution in [1.82, 2.24) is 10.2 Å². The lowest BCUT2D eigenvalue weighted by Gasteiger charge is -2.09. The monoisotopic (exact) mass is 294 g/mol. The van der Waals surface area contributed by atoms with Gasteiger partial charge in [0.15, 0.2) is 0 Å². The van der Waals surface area contributed by atoms with Gasteiger partial charge in [0.25, 0.3) is 0 Å². The molecule has 0 aliphatic rings. The van der Waals surface area contributed by atoms with Crippen LogP contribution >= 0.6 is 0 Å². The van der Waals surface area contributed by atoms with Crippen LogP contribution in [0.2, 0.25) is 0 Å². The number of hydrogen-bond donors (Lipinski definition) is 0. The van der Waals surface area contributed by atoms with Crippen LogP contribution in [0.4, 0.5) is 13.2 Å². The van der Waals surface area contributed by atoms with Gasteiger partial charge in [-0.3, -0.25) is 0 Å². The zero-order valence-electron chi connectivity index (χ0n) is 8.96. The SMILES string of the molecule is O=S(=O)(Oc1ccc(-c2nnco2)cc1)C(F)(F)F. The summed E-state index contributed by atoms with van der Waals surface area (Å²) >= 11 is 0. The molecule has 0 spiro atoms. The third-order valence-corrected chi connectivity index (χ3v) is 2.93. The minimum Gasteiger partial charge on any atom is -0.423 e. The molecular weight excluding hydrogens is 289 g/mol. The molecule has 0 aliphatic heterocycles. The van der Waals surface area contributed by atoms with E-state index in [2.05, 4.69) is 14.4 Å². The second kappa shape index (κ2) is 4.53. The van der Waals surface area contributed by atoms with E-state index in [0.717, 1.165) is 18.5 Å². The summed E-state index contributed by atoms with van der Waals surface area (Å²) in [6.07, 6.45) is 1.08. The summed E-state index contributed by atoms with van der Waals surface area (Å²) < 4.78 is 66.5. The maximum absolute atomic E-state index is 12.1. The normalized spacial score (nSPS) is 12.4. The van der Waals surface area contributed by atoms with Crippen LogP contribution in [0.1, 0.15) is 0 Å². The van der Waals surface area contributed by atoms with Crippen LogP contribution in [0.25, 0.3) is 11.5 Å². The summed E-state index contributed by atoms with van der Waals surface area (Å²) in [7, 11) is -5.67. The first kappa shape index (κ1) is 13.3. The van der Waals surface area contributed by atoms with E-state index in [9.17, 15) is 21.6 Å². The lowest BCUT2D eigenvalue weighted by atomic mass is 10.2. The van der Waals surface area contributed by atoms with Crippen molar-refractivity contribution in [2.45, 2.75) is 5.51 Å². The summed E-state index contributed by atoms with van der Waals surface area (Å²) in [5.74, 6) is -0.328. The van der Waals surface area contributed by atoms with Gasteiger partial charge in [0.05, 0.1) is 0 Å². The maximum Gasteiger partial charge on any atom is 0.534 e. The molecule has 0 aliphatic carbocycles. The van der Waals surface area contributed by atoms with E-state index in [1.807, 2.05) is 0 Å². The van der Waals surface area contributed by atoms with Crippen molar-refractivity contribution in [3.8, 4) is 17.2 Å². The van der Waals surface area contributed by atoms with Gasteiger partial charge in [-0.15, -0.1) is 10.2 Å². The fourth-order valence-corrected chi connectivity index (χ4v) is 1.58. The second-order valence-corrected chi connectivity index (χ2v) is 4.79. The minimum absolute atomic E-state index is 0.144. The van der Waals surface area contributed by atoms with E-state index >= 15 is 0 Å². The molecule has 0 unspecified atom stereocenters. The molecule has 2 rings (SSSR count). The van der Waals surface area contributed by atoms with Crippen LogP contribution in [0.3, 0.4) is 0 Å². The predicted molar refractivity (Wildman–Crippen MR) is 55.3 cm³/mol. The van der Waals surface area contributed by atoms with Crippen LogP contribution in [0.5, 0.6) is 5.75 Å². The Morgan fingerprint density at radius 2 is 1.79 bits per heavy atom. The standard InChI is InChI=1S/C9H5F3N2O4S/c10-9(11,12)19(15,16)18-7-3-1-6(2-4-7)8-14-13-5-17-8/h1-5H. The molecule has 0 atom stereocenters. The van der Waals surface area contributed by atoms with Gasteiger partial charge in [-0.1, -0.05) is 0 Å². The Morgan fingerprint density at radius 3 is 2.26 bits per heavy atom. The summed E-state index contributed by atoms with van der Waals surface area (Å²) in [5, 5.41) is 6.99. The Labute approximate surface area is 105 Å². The van der Waals surface area contributed by atoms with Gasteiger partial charge >= 0.3 is 15.6 Å². The average molecular weight is 294 g/mol. The third kappa shape index (κ3) is 2.84. The minimum atomic E-state index is -5.67. The van der Waals surface area contributed by atoms with Crippen molar-refractivity contribution < 1.29 is 30.2 Å². The van der Waals surface area contributed by atoms with Gasteiger partial charge in [0.1, 0.15) is 5.75 Å². The Bertz CT molecular complexity index is 650. The van der Waals surface area contributed by atoms with E-state index in [-0.39, 0.29) is 5.89 Å². The Balaban J connectivity index is 2.21. The van der Waals surface area contributed by atoms with Crippen LogP contribution in [-0.2, 0) is 10.1 Å². The quantitative estimate of drug-likeness (QED) is 0.635. The third-order valence-electron chi connectivity index (χ3n) is 1.95. The van der Waals surface area contributed by atoms with E-state index in [1.165, 1.54) is 12.1 Å². The number of alkyl halides is 3. The van der Waals surface area contributed by atoms with Crippen LogP contribution in [0, 0.1) is 0 Å². The van der Waals surface area contributed by atoms with Gasteiger partial charge in [-0.05, 0) is 24.3 Å². The average Bonchev–Trinajstić information content (AvgIpc) is 2.81. The summed E-state index contributed by atoms with van der Waals surface area (Å²) in [6.45, 7) is 0. The molecule has 10 heteroatoms. The fourth-order valence-electron chi connectivity index (χ4n) is 1.13. The van der Waals surface area contributed by atoms with Gasteiger partial charge in [-0.2, -0.15) is 21.6 Å². The number of rotatable bonds is 3. The van der Waals surface area contributed by atoms with Crippen molar-refractivity contribution in [3.63, 3.8) is 0 Å². The molecule has 0 fully saturated rings. The topological polar surface area (TPSA) is 82.3 Å². The molecule has 0 amide bonds. The lowest BCUT2D eigenvalue weighted by molar-refractivity contribution is -0.0500. The van der Waals surface area contributed by atoms with E-state index in [4.69, 9.17) is 4.42 Å². The number of hydrogen-bond acceptors (Lipinski definition) is 6. The van der Waals surface area contributed by atoms with E-state index in [0.29, 0.717) is 5.56 Å². The highest BCUT2D eigenvalue weighted by Crippen LogP contribution is 2.28. The van der Waals surface area contributed by atoms with Crippen molar-refractivity contribution in [2.24, 2.45) is 0 Å². The Kier molecular flexibility index (Phi) is 3.18. The Hall–Kier alpha value is -2.10. The highest BCUT2D eigenvalue weighted by molar-refractivity contribution is 7.87. The molecule has 19 heavy (non-hydrogen) atoms. The first-order valence-corrected chi connectivity index (χ1v) is 6.08. The van der Waals surface area contributed by atoms with Gasteiger partial charge in [0, 0.05) is 5.56 Å². The molecule has 1 heterocycles. The summed E-state index contributed by atoms with van der Waals surface area (Å²) in [6, 6.07) is 4.66. The number of aromatic nitrogens is 2. The van der Waals surface area contributed by atoms with Crippen molar-refractivity contribution in [1.29, 1.82) is 0 Å². The van der Waals surface area contributed by atoms with Crippen LogP contribution in [-0.4, -0.2) is 24.1 Å². The van der Waals surface area contributed by atoms with Crippen LogP contribution in [0.15, 0.2) is 35.1 Å². The molecule has 0 bridgehead atoms. The molecule has 6 nitrogen and oxygen atoms in total. The molecule has 0 radical (unpaired) electrons. The number of halogens is 3. The van der Waals surface area contributed by atoms with Gasteiger partial charge in [-0.25, -0.2) is 0 Å². The first-order chi connectivity index (χ1) is 8.79. The first-order valence-electron chi connectivity index (χ1n) is 4.67. The summed E-state index contributed by atoms with van der Waals surface area (Å²) in [4.78, 5) is 0. The summed E-state index contributed by atoms with van der Waals surface area (Å²) in [5.41, 5.74) is -5.06. The molecule has 2 aromatic rings. The Morgan fingerprint density at radius 1 is 1.16 bits per heavy atom. The van der Waals surface area contributed by atoms with Gasteiger partial charge < -0.3 is 8.60 Å². The molecular formula is C9H5F3N2O4S. The highest BCUT2D eigenvalue weighted by Gasteiger charge is 2.48. The second-order valence-electron chi connectivity index (χ2n) is 3.25. The molecule has 1 aromatic heterocycles.